The van der Waals surface area contributed by atoms with Gasteiger partial charge in [0.1, 0.15) is 11.7 Å². The molecule has 2 unspecified atom stereocenters. The fourth-order valence-corrected chi connectivity index (χ4v) is 4.09. The van der Waals surface area contributed by atoms with Gasteiger partial charge in [-0.25, -0.2) is 10.0 Å². The number of amides is 2. The lowest BCUT2D eigenvalue weighted by molar-refractivity contribution is -0.148. The van der Waals surface area contributed by atoms with Crippen LogP contribution >= 0.6 is 22.6 Å². The minimum Gasteiger partial charge on any atom is -0.493 e. The number of benzene rings is 2. The highest BCUT2D eigenvalue weighted by molar-refractivity contribution is 14.1. The van der Waals surface area contributed by atoms with Crippen LogP contribution in [0.25, 0.3) is 0 Å². The summed E-state index contributed by atoms with van der Waals surface area (Å²) < 4.78 is 6.63. The lowest BCUT2D eigenvalue weighted by Gasteiger charge is -2.38. The maximum Gasteiger partial charge on any atom is 0.261 e. The van der Waals surface area contributed by atoms with Gasteiger partial charge in [-0.05, 0) is 70.1 Å². The van der Waals surface area contributed by atoms with Crippen molar-refractivity contribution in [2.75, 3.05) is 11.6 Å². The van der Waals surface area contributed by atoms with Gasteiger partial charge in [0, 0.05) is 9.99 Å². The number of hydrogen-bond acceptors (Lipinski definition) is 3. The number of carbonyl (C=O) groups excluding carboxylic acids is 2. The summed E-state index contributed by atoms with van der Waals surface area (Å²) in [6.45, 7) is 0.698. The van der Waals surface area contributed by atoms with Gasteiger partial charge in [-0.15, -0.1) is 0 Å². The van der Waals surface area contributed by atoms with Crippen LogP contribution < -0.4 is 9.75 Å². The number of nitrogens with zero attached hydrogens (tertiary/aromatic N) is 2. The molecule has 0 saturated carbocycles. The van der Waals surface area contributed by atoms with E-state index in [-0.39, 0.29) is 17.9 Å². The first kappa shape index (κ1) is 14.3. The van der Waals surface area contributed by atoms with Gasteiger partial charge in [0.25, 0.3) is 11.8 Å². The monoisotopic (exact) mass is 432 g/mol. The zero-order valence-electron chi connectivity index (χ0n) is 12.6. The summed E-state index contributed by atoms with van der Waals surface area (Å²) in [4.78, 5) is 25.0. The van der Waals surface area contributed by atoms with E-state index < -0.39 is 5.92 Å². The standard InChI is InChI=1S/C18H13IN2O3/c19-12-2-4-13(5-3-12)20-17(22)15-16(21(20)18(15)23)11-1-6-14-10(9-11)7-8-24-14/h1-6,9,15-16H,7-8H2. The van der Waals surface area contributed by atoms with Crippen molar-refractivity contribution in [1.82, 2.24) is 5.01 Å². The highest BCUT2D eigenvalue weighted by Gasteiger charge is 2.64. The van der Waals surface area contributed by atoms with E-state index in [1.54, 1.807) is 5.01 Å². The smallest absolute Gasteiger partial charge is 0.261 e. The van der Waals surface area contributed by atoms with Crippen molar-refractivity contribution in [2.45, 2.75) is 12.5 Å². The molecule has 0 radical (unpaired) electrons. The molecule has 0 aliphatic carbocycles. The molecule has 3 saturated heterocycles. The van der Waals surface area contributed by atoms with Gasteiger partial charge >= 0.3 is 0 Å². The molecular weight excluding hydrogens is 419 g/mol. The summed E-state index contributed by atoms with van der Waals surface area (Å²) in [5, 5.41) is 3.12. The number of rotatable bonds is 2. The summed E-state index contributed by atoms with van der Waals surface area (Å²) in [5.74, 6) is 0.0699. The van der Waals surface area contributed by atoms with Crippen molar-refractivity contribution in [2.24, 2.45) is 5.92 Å². The molecule has 4 heterocycles. The quantitative estimate of drug-likeness (QED) is 0.417. The Morgan fingerprint density at radius 1 is 1.04 bits per heavy atom. The number of fused-ring (bicyclic) bond motifs is 2. The lowest BCUT2D eigenvalue weighted by Crippen LogP contribution is -2.50. The van der Waals surface area contributed by atoms with Crippen LogP contribution in [-0.2, 0) is 16.0 Å². The molecule has 0 aromatic heterocycles. The first-order valence-corrected chi connectivity index (χ1v) is 8.91. The van der Waals surface area contributed by atoms with Crippen molar-refractivity contribution >= 4 is 40.1 Å². The Balaban J connectivity index is 1.53. The molecule has 2 aromatic rings. The Morgan fingerprint density at radius 2 is 1.83 bits per heavy atom. The molecule has 6 rings (SSSR count). The minimum atomic E-state index is -0.593. The molecule has 0 N–H and O–H groups in total. The number of carbonyl (C=O) groups is 2. The molecule has 24 heavy (non-hydrogen) atoms. The molecule has 0 spiro atoms. The average Bonchev–Trinajstić information content (AvgIpc) is 3.23. The van der Waals surface area contributed by atoms with E-state index in [0.717, 1.165) is 32.6 Å². The molecule has 2 aromatic carbocycles. The minimum absolute atomic E-state index is 0.111. The van der Waals surface area contributed by atoms with E-state index >= 15 is 0 Å². The first-order chi connectivity index (χ1) is 11.6. The Kier molecular flexibility index (Phi) is 2.94. The third-order valence-corrected chi connectivity index (χ3v) is 5.61. The van der Waals surface area contributed by atoms with Gasteiger partial charge in [0.2, 0.25) is 0 Å². The van der Waals surface area contributed by atoms with Crippen LogP contribution in [0.4, 0.5) is 5.69 Å². The number of anilines is 1. The number of β-lactam (4-membered cyclic amide) rings is 1. The summed E-state index contributed by atoms with van der Waals surface area (Å²) in [6.07, 6.45) is 0.878. The predicted octanol–water partition coefficient (Wildman–Crippen LogP) is 2.69. The fraction of sp³-hybridized carbons (Fsp3) is 0.222. The average molecular weight is 432 g/mol. The van der Waals surface area contributed by atoms with Crippen LogP contribution in [0.3, 0.4) is 0 Å². The first-order valence-electron chi connectivity index (χ1n) is 7.83. The van der Waals surface area contributed by atoms with Crippen molar-refractivity contribution in [1.29, 1.82) is 0 Å². The van der Waals surface area contributed by atoms with Crippen LogP contribution in [0.2, 0.25) is 0 Å². The van der Waals surface area contributed by atoms with Gasteiger partial charge in [0.15, 0.2) is 0 Å². The molecule has 5 nitrogen and oxygen atoms in total. The van der Waals surface area contributed by atoms with Crippen molar-refractivity contribution in [3.8, 4) is 5.75 Å². The van der Waals surface area contributed by atoms with Crippen molar-refractivity contribution in [3.05, 3.63) is 57.2 Å². The summed E-state index contributed by atoms with van der Waals surface area (Å²) in [7, 11) is 0. The van der Waals surface area contributed by atoms with Crippen molar-refractivity contribution in [3.63, 3.8) is 0 Å². The number of ether oxygens (including phenoxy) is 1. The van der Waals surface area contributed by atoms with Gasteiger partial charge in [0.05, 0.1) is 18.3 Å². The third-order valence-electron chi connectivity index (χ3n) is 4.89. The highest BCUT2D eigenvalue weighted by atomic mass is 127. The Hall–Kier alpha value is -2.09. The Bertz CT molecular complexity index is 880. The number of halogens is 1. The molecule has 2 amide bonds. The van der Waals surface area contributed by atoms with E-state index in [1.165, 1.54) is 5.01 Å². The summed E-state index contributed by atoms with van der Waals surface area (Å²) in [5.41, 5.74) is 2.90. The SMILES string of the molecule is O=C1C2C(=O)N(C2c2ccc3c(c2)CCO3)N1c1ccc(I)cc1. The number of hydrazine groups is 1. The molecule has 6 heteroatoms. The summed E-state index contributed by atoms with van der Waals surface area (Å²) in [6, 6.07) is 13.4. The molecule has 3 fully saturated rings. The van der Waals surface area contributed by atoms with Gasteiger partial charge in [-0.1, -0.05) is 6.07 Å². The number of hydrogen-bond donors (Lipinski definition) is 0. The molecular formula is C18H13IN2O3. The molecule has 4 aliphatic rings. The van der Waals surface area contributed by atoms with Crippen LogP contribution in [-0.4, -0.2) is 23.4 Å². The van der Waals surface area contributed by atoms with E-state index in [2.05, 4.69) is 28.7 Å². The lowest BCUT2D eigenvalue weighted by atomic mass is 9.85. The molecule has 2 atom stereocenters. The van der Waals surface area contributed by atoms with Crippen LogP contribution in [0.5, 0.6) is 5.75 Å². The third kappa shape index (κ3) is 1.80. The van der Waals surface area contributed by atoms with E-state index in [1.807, 2.05) is 36.4 Å². The second-order valence-corrected chi connectivity index (χ2v) is 7.44. The molecule has 4 aliphatic heterocycles. The molecule has 2 bridgehead atoms. The Morgan fingerprint density at radius 3 is 2.62 bits per heavy atom. The Labute approximate surface area is 152 Å². The zero-order valence-corrected chi connectivity index (χ0v) is 14.8. The van der Waals surface area contributed by atoms with Crippen LogP contribution in [0.15, 0.2) is 42.5 Å². The fourth-order valence-electron chi connectivity index (χ4n) is 3.73. The van der Waals surface area contributed by atoms with Gasteiger partial charge in [-0.2, -0.15) is 0 Å². The van der Waals surface area contributed by atoms with E-state index in [0.29, 0.717) is 6.61 Å². The van der Waals surface area contributed by atoms with Gasteiger partial charge in [-0.3, -0.25) is 9.59 Å². The zero-order chi connectivity index (χ0) is 16.4. The van der Waals surface area contributed by atoms with E-state index in [9.17, 15) is 9.59 Å². The second-order valence-electron chi connectivity index (χ2n) is 6.20. The van der Waals surface area contributed by atoms with E-state index in [4.69, 9.17) is 4.74 Å². The van der Waals surface area contributed by atoms with Crippen molar-refractivity contribution < 1.29 is 14.3 Å². The molecule has 120 valence electrons. The van der Waals surface area contributed by atoms with Crippen LogP contribution in [0.1, 0.15) is 17.2 Å². The summed E-state index contributed by atoms with van der Waals surface area (Å²) >= 11 is 2.22. The van der Waals surface area contributed by atoms with Gasteiger partial charge < -0.3 is 4.74 Å². The topological polar surface area (TPSA) is 49.9 Å². The maximum absolute atomic E-state index is 12.7. The largest absolute Gasteiger partial charge is 0.493 e. The highest BCUT2D eigenvalue weighted by Crippen LogP contribution is 2.50. The van der Waals surface area contributed by atoms with Crippen LogP contribution in [0, 0.1) is 9.49 Å². The predicted molar refractivity (Wildman–Crippen MR) is 95.4 cm³/mol. The second kappa shape index (κ2) is 4.95. The normalized spacial score (nSPS) is 24.0. The maximum atomic E-state index is 12.7.